The lowest BCUT2D eigenvalue weighted by atomic mass is 10.1. The first-order valence-electron chi connectivity index (χ1n) is 6.65. The van der Waals surface area contributed by atoms with Crippen LogP contribution in [0.2, 0.25) is 0 Å². The van der Waals surface area contributed by atoms with E-state index in [0.29, 0.717) is 6.10 Å². The Morgan fingerprint density at radius 3 is 3.33 bits per heavy atom. The van der Waals surface area contributed by atoms with Gasteiger partial charge in [0.25, 0.3) is 0 Å². The number of fused-ring (bicyclic) bond motifs is 1. The van der Waals surface area contributed by atoms with E-state index in [1.54, 1.807) is 11.3 Å². The molecule has 3 rings (SSSR count). The van der Waals surface area contributed by atoms with Crippen LogP contribution in [0.3, 0.4) is 0 Å². The van der Waals surface area contributed by atoms with Gasteiger partial charge in [-0.3, -0.25) is 4.40 Å². The smallest absolute Gasteiger partial charge is 0.193 e. The minimum Gasteiger partial charge on any atom is -0.378 e. The Hall–Kier alpha value is -0.910. The molecule has 0 aliphatic carbocycles. The van der Waals surface area contributed by atoms with E-state index in [0.717, 1.165) is 36.8 Å². The molecular formula is C13H19N3OS. The number of hydrogen-bond donors (Lipinski definition) is 1. The van der Waals surface area contributed by atoms with E-state index in [-0.39, 0.29) is 0 Å². The number of nitrogens with zero attached hydrogens (tertiary/aromatic N) is 2. The van der Waals surface area contributed by atoms with E-state index in [1.807, 2.05) is 6.20 Å². The lowest BCUT2D eigenvalue weighted by Gasteiger charge is -2.22. The highest BCUT2D eigenvalue weighted by Gasteiger charge is 2.12. The van der Waals surface area contributed by atoms with Crippen molar-refractivity contribution in [1.82, 2.24) is 14.7 Å². The zero-order chi connectivity index (χ0) is 12.2. The summed E-state index contributed by atoms with van der Waals surface area (Å²) in [6, 6.07) is 0. The van der Waals surface area contributed by atoms with E-state index < -0.39 is 0 Å². The zero-order valence-corrected chi connectivity index (χ0v) is 11.3. The maximum Gasteiger partial charge on any atom is 0.193 e. The molecule has 0 amide bonds. The number of aromatic nitrogens is 2. The summed E-state index contributed by atoms with van der Waals surface area (Å²) in [7, 11) is 0. The van der Waals surface area contributed by atoms with Crippen molar-refractivity contribution in [2.45, 2.75) is 38.3 Å². The second-order valence-corrected chi connectivity index (χ2v) is 5.65. The third-order valence-corrected chi connectivity index (χ3v) is 4.14. The molecule has 0 bridgehead atoms. The molecule has 1 unspecified atom stereocenters. The predicted octanol–water partition coefficient (Wildman–Crippen LogP) is 2.44. The monoisotopic (exact) mass is 265 g/mol. The molecule has 0 saturated carbocycles. The fourth-order valence-electron chi connectivity index (χ4n) is 2.38. The molecule has 1 saturated heterocycles. The normalized spacial score (nSPS) is 20.6. The molecule has 0 aromatic carbocycles. The van der Waals surface area contributed by atoms with Crippen molar-refractivity contribution in [3.8, 4) is 0 Å². The van der Waals surface area contributed by atoms with Crippen molar-refractivity contribution >= 4 is 16.3 Å². The summed E-state index contributed by atoms with van der Waals surface area (Å²) in [5, 5.41) is 5.50. The molecule has 1 aliphatic heterocycles. The molecule has 3 heterocycles. The van der Waals surface area contributed by atoms with Crippen LogP contribution in [0.1, 0.15) is 31.4 Å². The van der Waals surface area contributed by atoms with Crippen molar-refractivity contribution in [2.24, 2.45) is 0 Å². The molecule has 98 valence electrons. The Kier molecular flexibility index (Phi) is 3.93. The summed E-state index contributed by atoms with van der Waals surface area (Å²) in [5.74, 6) is 0. The SMILES string of the molecule is c1cn2cc(CNCCC3CCCCO3)nc2s1. The maximum absolute atomic E-state index is 5.71. The standard InChI is InChI=1S/C13H19N3OS/c1-2-7-17-12(3-1)4-5-14-9-11-10-16-6-8-18-13(16)15-11/h6,8,10,12,14H,1-5,7,9H2. The van der Waals surface area contributed by atoms with Gasteiger partial charge in [-0.2, -0.15) is 0 Å². The molecule has 1 atom stereocenters. The van der Waals surface area contributed by atoms with Gasteiger partial charge in [-0.25, -0.2) is 4.98 Å². The van der Waals surface area contributed by atoms with E-state index >= 15 is 0 Å². The fourth-order valence-corrected chi connectivity index (χ4v) is 3.09. The quantitative estimate of drug-likeness (QED) is 0.844. The molecule has 18 heavy (non-hydrogen) atoms. The Bertz CT molecular complexity index is 459. The molecule has 1 N–H and O–H groups in total. The van der Waals surface area contributed by atoms with Gasteiger partial charge in [0.1, 0.15) is 0 Å². The summed E-state index contributed by atoms with van der Waals surface area (Å²) in [5.41, 5.74) is 1.12. The first-order valence-corrected chi connectivity index (χ1v) is 7.53. The lowest BCUT2D eigenvalue weighted by molar-refractivity contribution is 0.0115. The number of thiazole rings is 1. The van der Waals surface area contributed by atoms with Crippen LogP contribution >= 0.6 is 11.3 Å². The van der Waals surface area contributed by atoms with Crippen LogP contribution < -0.4 is 5.32 Å². The fraction of sp³-hybridized carbons (Fsp3) is 0.615. The van der Waals surface area contributed by atoms with Gasteiger partial charge in [0, 0.05) is 30.9 Å². The number of rotatable bonds is 5. The first kappa shape index (κ1) is 12.1. The highest BCUT2D eigenvalue weighted by atomic mass is 32.1. The van der Waals surface area contributed by atoms with Crippen LogP contribution in [0.15, 0.2) is 17.8 Å². The highest BCUT2D eigenvalue weighted by molar-refractivity contribution is 7.15. The van der Waals surface area contributed by atoms with Gasteiger partial charge in [-0.1, -0.05) is 0 Å². The molecular weight excluding hydrogens is 246 g/mol. The molecule has 1 aliphatic rings. The molecule has 4 nitrogen and oxygen atoms in total. The van der Waals surface area contributed by atoms with Gasteiger partial charge in [0.15, 0.2) is 4.96 Å². The lowest BCUT2D eigenvalue weighted by Crippen LogP contribution is -2.25. The number of hydrogen-bond acceptors (Lipinski definition) is 4. The molecule has 2 aromatic rings. The highest BCUT2D eigenvalue weighted by Crippen LogP contribution is 2.15. The van der Waals surface area contributed by atoms with Gasteiger partial charge in [0.05, 0.1) is 11.8 Å². The molecule has 2 aromatic heterocycles. The van der Waals surface area contributed by atoms with Crippen LogP contribution in [-0.4, -0.2) is 28.6 Å². The second-order valence-electron chi connectivity index (χ2n) is 4.78. The number of nitrogens with one attached hydrogen (secondary N) is 1. The Labute approximate surface area is 111 Å². The van der Waals surface area contributed by atoms with E-state index in [4.69, 9.17) is 4.74 Å². The summed E-state index contributed by atoms with van der Waals surface area (Å²) in [4.78, 5) is 5.62. The summed E-state index contributed by atoms with van der Waals surface area (Å²) < 4.78 is 7.78. The molecule has 0 spiro atoms. The molecule has 0 radical (unpaired) electrons. The van der Waals surface area contributed by atoms with E-state index in [1.165, 1.54) is 19.3 Å². The summed E-state index contributed by atoms with van der Waals surface area (Å²) >= 11 is 1.67. The number of imidazole rings is 1. The predicted molar refractivity (Wildman–Crippen MR) is 73.0 cm³/mol. The first-order chi connectivity index (χ1) is 8.92. The van der Waals surface area contributed by atoms with Gasteiger partial charge in [-0.05, 0) is 32.2 Å². The Morgan fingerprint density at radius 2 is 2.50 bits per heavy atom. The van der Waals surface area contributed by atoms with Crippen LogP contribution in [0, 0.1) is 0 Å². The van der Waals surface area contributed by atoms with Crippen LogP contribution in [0.5, 0.6) is 0 Å². The van der Waals surface area contributed by atoms with Gasteiger partial charge in [-0.15, -0.1) is 11.3 Å². The maximum atomic E-state index is 5.71. The average Bonchev–Trinajstić information content (AvgIpc) is 2.96. The van der Waals surface area contributed by atoms with Crippen LogP contribution in [0.4, 0.5) is 0 Å². The summed E-state index contributed by atoms with van der Waals surface area (Å²) in [6.45, 7) is 2.80. The zero-order valence-electron chi connectivity index (χ0n) is 10.5. The molecule has 5 heteroatoms. The second kappa shape index (κ2) is 5.82. The van der Waals surface area contributed by atoms with E-state index in [2.05, 4.69) is 26.3 Å². The van der Waals surface area contributed by atoms with Gasteiger partial charge < -0.3 is 10.1 Å². The van der Waals surface area contributed by atoms with Crippen molar-refractivity contribution in [3.05, 3.63) is 23.5 Å². The van der Waals surface area contributed by atoms with Gasteiger partial charge in [0.2, 0.25) is 0 Å². The van der Waals surface area contributed by atoms with Crippen LogP contribution in [-0.2, 0) is 11.3 Å². The van der Waals surface area contributed by atoms with Crippen molar-refractivity contribution < 1.29 is 4.74 Å². The topological polar surface area (TPSA) is 38.6 Å². The molecule has 1 fully saturated rings. The Balaban J connectivity index is 1.40. The minimum atomic E-state index is 0.469. The third kappa shape index (κ3) is 2.91. The largest absolute Gasteiger partial charge is 0.378 e. The van der Waals surface area contributed by atoms with E-state index in [9.17, 15) is 0 Å². The van der Waals surface area contributed by atoms with Crippen molar-refractivity contribution in [2.75, 3.05) is 13.2 Å². The van der Waals surface area contributed by atoms with Crippen molar-refractivity contribution in [1.29, 1.82) is 0 Å². The van der Waals surface area contributed by atoms with Gasteiger partial charge >= 0.3 is 0 Å². The van der Waals surface area contributed by atoms with Crippen LogP contribution in [0.25, 0.3) is 4.96 Å². The number of ether oxygens (including phenoxy) is 1. The van der Waals surface area contributed by atoms with Crippen molar-refractivity contribution in [3.63, 3.8) is 0 Å². The Morgan fingerprint density at radius 1 is 1.50 bits per heavy atom. The summed E-state index contributed by atoms with van der Waals surface area (Å²) in [6.07, 6.45) is 9.50. The average molecular weight is 265 g/mol. The minimum absolute atomic E-state index is 0.469. The third-order valence-electron chi connectivity index (χ3n) is 3.37.